The van der Waals surface area contributed by atoms with Crippen LogP contribution in [0.5, 0.6) is 0 Å². The minimum Gasteiger partial charge on any atom is -0.355 e. The lowest BCUT2D eigenvalue weighted by Gasteiger charge is -2.10. The lowest BCUT2D eigenvalue weighted by Crippen LogP contribution is -2.35. The van der Waals surface area contributed by atoms with Crippen molar-refractivity contribution in [2.75, 3.05) is 12.4 Å². The van der Waals surface area contributed by atoms with Crippen LogP contribution in [0.15, 0.2) is 52.0 Å². The molecule has 0 atom stereocenters. The van der Waals surface area contributed by atoms with Crippen molar-refractivity contribution in [1.29, 1.82) is 0 Å². The predicted octanol–water partition coefficient (Wildman–Crippen LogP) is 3.04. The predicted molar refractivity (Wildman–Crippen MR) is 98.7 cm³/mol. The van der Waals surface area contributed by atoms with Crippen molar-refractivity contribution >= 4 is 56.9 Å². The summed E-state index contributed by atoms with van der Waals surface area (Å²) >= 11 is 9.37. The van der Waals surface area contributed by atoms with Crippen LogP contribution in [0.25, 0.3) is 0 Å². The number of carbonyl (C=O) groups excluding carboxylic acids is 2. The van der Waals surface area contributed by atoms with Gasteiger partial charge in [-0.05, 0) is 36.4 Å². The molecule has 24 heavy (non-hydrogen) atoms. The summed E-state index contributed by atoms with van der Waals surface area (Å²) in [5, 5.41) is 9.85. The minimum atomic E-state index is -0.840. The van der Waals surface area contributed by atoms with E-state index in [-0.39, 0.29) is 0 Å². The zero-order valence-corrected chi connectivity index (χ0v) is 15.0. The van der Waals surface area contributed by atoms with E-state index in [9.17, 15) is 9.59 Å². The third kappa shape index (κ3) is 5.07. The fourth-order valence-corrected chi connectivity index (χ4v) is 2.37. The molecule has 0 heterocycles. The average molecular weight is 410 g/mol. The van der Waals surface area contributed by atoms with Crippen molar-refractivity contribution in [3.8, 4) is 0 Å². The molecule has 0 aromatic heterocycles. The molecule has 3 N–H and O–H groups in total. The number of nitrogens with one attached hydrogen (secondary N) is 3. The molecule has 0 spiro atoms. The van der Waals surface area contributed by atoms with Gasteiger partial charge in [-0.15, -0.1) is 0 Å². The molecular formula is C16H14BrClN4O2. The molecule has 0 aliphatic heterocycles. The molecule has 2 aromatic rings. The average Bonchev–Trinajstić information content (AvgIpc) is 2.56. The molecule has 0 bridgehead atoms. The summed E-state index contributed by atoms with van der Waals surface area (Å²) in [5.74, 6) is -1.60. The molecule has 0 aliphatic carbocycles. The smallest absolute Gasteiger partial charge is 0.329 e. The Morgan fingerprint density at radius 1 is 1.17 bits per heavy atom. The first kappa shape index (κ1) is 18.0. The standard InChI is InChI=1S/C16H14BrClN4O2/c1-19-15(23)16(24)22-20-9-10-7-11(17)5-6-14(10)21-13-4-2-3-12(18)8-13/h2-9,21H,1H3,(H,19,23)(H,22,24)/b20-9-. The molecule has 6 nitrogen and oxygen atoms in total. The Labute approximate surface area is 152 Å². The van der Waals surface area contributed by atoms with E-state index in [0.29, 0.717) is 10.6 Å². The summed E-state index contributed by atoms with van der Waals surface area (Å²) in [6.45, 7) is 0. The van der Waals surface area contributed by atoms with Crippen LogP contribution in [-0.4, -0.2) is 25.1 Å². The largest absolute Gasteiger partial charge is 0.355 e. The SMILES string of the molecule is CNC(=O)C(=O)N/N=C\c1cc(Br)ccc1Nc1cccc(Cl)c1. The molecule has 2 amide bonds. The van der Waals surface area contributed by atoms with Crippen LogP contribution in [0.1, 0.15) is 5.56 Å². The van der Waals surface area contributed by atoms with E-state index in [2.05, 4.69) is 37.1 Å². The molecule has 124 valence electrons. The Morgan fingerprint density at radius 2 is 1.96 bits per heavy atom. The van der Waals surface area contributed by atoms with E-state index < -0.39 is 11.8 Å². The van der Waals surface area contributed by atoms with Gasteiger partial charge in [-0.3, -0.25) is 9.59 Å². The highest BCUT2D eigenvalue weighted by atomic mass is 79.9. The van der Waals surface area contributed by atoms with E-state index >= 15 is 0 Å². The van der Waals surface area contributed by atoms with Crippen LogP contribution >= 0.6 is 27.5 Å². The third-order valence-corrected chi connectivity index (χ3v) is 3.65. The summed E-state index contributed by atoms with van der Waals surface area (Å²) in [6.07, 6.45) is 1.44. The van der Waals surface area contributed by atoms with Gasteiger partial charge in [0.05, 0.1) is 6.21 Å². The maximum Gasteiger partial charge on any atom is 0.329 e. The number of hydrazone groups is 1. The number of nitrogens with zero attached hydrogens (tertiary/aromatic N) is 1. The van der Waals surface area contributed by atoms with Crippen LogP contribution in [0, 0.1) is 0 Å². The van der Waals surface area contributed by atoms with E-state index in [4.69, 9.17) is 11.6 Å². The molecule has 0 aliphatic rings. The molecule has 2 rings (SSSR count). The maximum absolute atomic E-state index is 11.4. The Hall–Kier alpha value is -2.38. The number of benzene rings is 2. The van der Waals surface area contributed by atoms with Crippen LogP contribution in [-0.2, 0) is 9.59 Å². The first-order valence-corrected chi connectivity index (χ1v) is 8.04. The quantitative estimate of drug-likeness (QED) is 0.412. The second kappa shape index (κ2) is 8.47. The second-order valence-corrected chi connectivity index (χ2v) is 6.00. The number of halogens is 2. The Kier molecular flexibility index (Phi) is 6.34. The fourth-order valence-electron chi connectivity index (χ4n) is 1.80. The molecule has 0 fully saturated rings. The van der Waals surface area contributed by atoms with E-state index in [1.165, 1.54) is 13.3 Å². The van der Waals surface area contributed by atoms with Crippen LogP contribution in [0.2, 0.25) is 5.02 Å². The number of hydrogen-bond donors (Lipinski definition) is 3. The number of anilines is 2. The molecule has 8 heteroatoms. The normalized spacial score (nSPS) is 10.5. The number of hydrogen-bond acceptors (Lipinski definition) is 4. The van der Waals surface area contributed by atoms with Gasteiger partial charge in [0.1, 0.15) is 0 Å². The van der Waals surface area contributed by atoms with Crippen molar-refractivity contribution in [2.24, 2.45) is 5.10 Å². The van der Waals surface area contributed by atoms with E-state index in [1.807, 2.05) is 30.3 Å². The van der Waals surface area contributed by atoms with Gasteiger partial charge < -0.3 is 10.6 Å². The number of carbonyl (C=O) groups is 2. The third-order valence-electron chi connectivity index (χ3n) is 2.92. The van der Waals surface area contributed by atoms with Crippen LogP contribution in [0.3, 0.4) is 0 Å². The number of rotatable bonds is 4. The summed E-state index contributed by atoms with van der Waals surface area (Å²) in [5.41, 5.74) is 4.44. The highest BCUT2D eigenvalue weighted by molar-refractivity contribution is 9.10. The van der Waals surface area contributed by atoms with Crippen molar-refractivity contribution in [2.45, 2.75) is 0 Å². The van der Waals surface area contributed by atoms with Crippen LogP contribution in [0.4, 0.5) is 11.4 Å². The van der Waals surface area contributed by atoms with E-state index in [1.54, 1.807) is 12.1 Å². The van der Waals surface area contributed by atoms with Gasteiger partial charge in [0.15, 0.2) is 0 Å². The summed E-state index contributed by atoms with van der Waals surface area (Å²) < 4.78 is 0.846. The number of amides is 2. The van der Waals surface area contributed by atoms with Gasteiger partial charge >= 0.3 is 11.8 Å². The first-order chi connectivity index (χ1) is 11.5. The van der Waals surface area contributed by atoms with Gasteiger partial charge in [0.25, 0.3) is 0 Å². The summed E-state index contributed by atoms with van der Waals surface area (Å²) in [6, 6.07) is 12.8. The van der Waals surface area contributed by atoms with Gasteiger partial charge in [0.2, 0.25) is 0 Å². The van der Waals surface area contributed by atoms with Crippen molar-refractivity contribution in [3.63, 3.8) is 0 Å². The highest BCUT2D eigenvalue weighted by Crippen LogP contribution is 2.25. The molecule has 0 radical (unpaired) electrons. The Balaban J connectivity index is 2.18. The van der Waals surface area contributed by atoms with Gasteiger partial charge in [-0.25, -0.2) is 5.43 Å². The van der Waals surface area contributed by atoms with Crippen molar-refractivity contribution < 1.29 is 9.59 Å². The zero-order chi connectivity index (χ0) is 17.5. The maximum atomic E-state index is 11.4. The topological polar surface area (TPSA) is 82.6 Å². The summed E-state index contributed by atoms with van der Waals surface area (Å²) in [7, 11) is 1.37. The molecular weight excluding hydrogens is 396 g/mol. The Morgan fingerprint density at radius 3 is 2.67 bits per heavy atom. The molecule has 0 unspecified atom stereocenters. The highest BCUT2D eigenvalue weighted by Gasteiger charge is 2.09. The van der Waals surface area contributed by atoms with E-state index in [0.717, 1.165) is 15.8 Å². The molecule has 2 aromatic carbocycles. The lowest BCUT2D eigenvalue weighted by molar-refractivity contribution is -0.138. The van der Waals surface area contributed by atoms with Crippen molar-refractivity contribution in [1.82, 2.24) is 10.7 Å². The first-order valence-electron chi connectivity index (χ1n) is 6.87. The lowest BCUT2D eigenvalue weighted by atomic mass is 10.2. The zero-order valence-electron chi connectivity index (χ0n) is 12.6. The summed E-state index contributed by atoms with van der Waals surface area (Å²) in [4.78, 5) is 22.5. The van der Waals surface area contributed by atoms with Gasteiger partial charge in [0, 0.05) is 33.5 Å². The Bertz CT molecular complexity index is 795. The van der Waals surface area contributed by atoms with Crippen LogP contribution < -0.4 is 16.1 Å². The molecule has 0 saturated carbocycles. The minimum absolute atomic E-state index is 0.616. The second-order valence-electron chi connectivity index (χ2n) is 4.65. The molecule has 0 saturated heterocycles. The fraction of sp³-hybridized carbons (Fsp3) is 0.0625. The van der Waals surface area contributed by atoms with Crippen molar-refractivity contribution in [3.05, 3.63) is 57.5 Å². The number of likely N-dealkylation sites (N-methyl/N-ethyl adjacent to an activating group) is 1. The monoisotopic (exact) mass is 408 g/mol. The van der Waals surface area contributed by atoms with Gasteiger partial charge in [-0.1, -0.05) is 33.6 Å². The van der Waals surface area contributed by atoms with Gasteiger partial charge in [-0.2, -0.15) is 5.10 Å².